The second kappa shape index (κ2) is 4.16. The summed E-state index contributed by atoms with van der Waals surface area (Å²) in [5.74, 6) is 0.324. The lowest BCUT2D eigenvalue weighted by molar-refractivity contribution is -0.141. The Kier molecular flexibility index (Phi) is 2.88. The Morgan fingerprint density at radius 1 is 1.47 bits per heavy atom. The smallest absolute Gasteiger partial charge is 0.163 e. The van der Waals surface area contributed by atoms with Crippen LogP contribution in [-0.4, -0.2) is 30.1 Å². The molecule has 2 rings (SSSR count). The van der Waals surface area contributed by atoms with Crippen LogP contribution in [0.15, 0.2) is 24.5 Å². The fourth-order valence-electron chi connectivity index (χ4n) is 1.47. The summed E-state index contributed by atoms with van der Waals surface area (Å²) in [6.07, 6.45) is 3.41. The molecule has 1 saturated heterocycles. The van der Waals surface area contributed by atoms with Crippen molar-refractivity contribution in [2.24, 2.45) is 0 Å². The summed E-state index contributed by atoms with van der Waals surface area (Å²) in [6.45, 7) is 4.89. The van der Waals surface area contributed by atoms with Crippen LogP contribution < -0.4 is 4.74 Å². The number of aromatic nitrogens is 1. The minimum atomic E-state index is -0.480. The standard InChI is InChI=1S/C11H15NO3/c1-11(2)14-8-10(15-11)7-13-9-3-5-12-6-4-9/h3-6,10H,7-8H2,1-2H3/t10-/m0/s1. The van der Waals surface area contributed by atoms with Crippen LogP contribution in [0.4, 0.5) is 0 Å². The van der Waals surface area contributed by atoms with Crippen molar-refractivity contribution in [3.63, 3.8) is 0 Å². The van der Waals surface area contributed by atoms with Crippen molar-refractivity contribution in [2.45, 2.75) is 25.7 Å². The lowest BCUT2D eigenvalue weighted by atomic mass is 10.4. The molecule has 2 heterocycles. The molecule has 1 aromatic rings. The highest BCUT2D eigenvalue weighted by Gasteiger charge is 2.32. The normalized spacial score (nSPS) is 24.0. The van der Waals surface area contributed by atoms with E-state index in [1.165, 1.54) is 0 Å². The predicted octanol–water partition coefficient (Wildman–Crippen LogP) is 1.61. The summed E-state index contributed by atoms with van der Waals surface area (Å²) in [5, 5.41) is 0. The number of pyridine rings is 1. The van der Waals surface area contributed by atoms with E-state index in [2.05, 4.69) is 4.98 Å². The average molecular weight is 209 g/mol. The topological polar surface area (TPSA) is 40.6 Å². The molecule has 0 aliphatic carbocycles. The van der Waals surface area contributed by atoms with Crippen molar-refractivity contribution in [1.29, 1.82) is 0 Å². The molecule has 1 aliphatic heterocycles. The molecule has 0 saturated carbocycles. The number of rotatable bonds is 3. The Bertz CT molecular complexity index is 313. The van der Waals surface area contributed by atoms with Gasteiger partial charge >= 0.3 is 0 Å². The van der Waals surface area contributed by atoms with E-state index < -0.39 is 5.79 Å². The molecule has 0 aromatic carbocycles. The van der Waals surface area contributed by atoms with Gasteiger partial charge in [-0.25, -0.2) is 0 Å². The van der Waals surface area contributed by atoms with Crippen LogP contribution in [-0.2, 0) is 9.47 Å². The number of hydrogen-bond acceptors (Lipinski definition) is 4. The molecule has 15 heavy (non-hydrogen) atoms. The predicted molar refractivity (Wildman–Crippen MR) is 54.6 cm³/mol. The number of nitrogens with zero attached hydrogens (tertiary/aromatic N) is 1. The van der Waals surface area contributed by atoms with Crippen LogP contribution >= 0.6 is 0 Å². The van der Waals surface area contributed by atoms with Crippen molar-refractivity contribution < 1.29 is 14.2 Å². The van der Waals surface area contributed by atoms with Gasteiger partial charge in [0, 0.05) is 12.4 Å². The molecule has 82 valence electrons. The van der Waals surface area contributed by atoms with E-state index in [9.17, 15) is 0 Å². The van der Waals surface area contributed by atoms with Gasteiger partial charge in [-0.2, -0.15) is 0 Å². The fraction of sp³-hybridized carbons (Fsp3) is 0.545. The molecule has 1 aromatic heterocycles. The summed E-state index contributed by atoms with van der Waals surface area (Å²) < 4.78 is 16.6. The van der Waals surface area contributed by atoms with E-state index in [1.807, 2.05) is 26.0 Å². The first-order valence-corrected chi connectivity index (χ1v) is 5.00. The van der Waals surface area contributed by atoms with Gasteiger partial charge in [0.25, 0.3) is 0 Å². The molecule has 1 atom stereocenters. The highest BCUT2D eigenvalue weighted by molar-refractivity contribution is 5.16. The Morgan fingerprint density at radius 3 is 2.80 bits per heavy atom. The maximum absolute atomic E-state index is 5.61. The molecule has 1 aliphatic rings. The maximum Gasteiger partial charge on any atom is 0.163 e. The Morgan fingerprint density at radius 2 is 2.20 bits per heavy atom. The molecule has 0 unspecified atom stereocenters. The van der Waals surface area contributed by atoms with Crippen LogP contribution in [0.25, 0.3) is 0 Å². The first-order chi connectivity index (χ1) is 7.16. The van der Waals surface area contributed by atoms with Crippen LogP contribution in [0.5, 0.6) is 5.75 Å². The summed E-state index contributed by atoms with van der Waals surface area (Å²) >= 11 is 0. The molecule has 1 fully saturated rings. The molecule has 4 heteroatoms. The Hall–Kier alpha value is -1.13. The van der Waals surface area contributed by atoms with Gasteiger partial charge in [0.05, 0.1) is 6.61 Å². The Labute approximate surface area is 89.2 Å². The lowest BCUT2D eigenvalue weighted by Crippen LogP contribution is -2.25. The van der Waals surface area contributed by atoms with E-state index in [1.54, 1.807) is 12.4 Å². The van der Waals surface area contributed by atoms with Gasteiger partial charge in [0.15, 0.2) is 5.79 Å². The molecule has 0 spiro atoms. The van der Waals surface area contributed by atoms with E-state index >= 15 is 0 Å². The van der Waals surface area contributed by atoms with Gasteiger partial charge in [-0.1, -0.05) is 0 Å². The third-order valence-corrected chi connectivity index (χ3v) is 2.15. The fourth-order valence-corrected chi connectivity index (χ4v) is 1.47. The van der Waals surface area contributed by atoms with Gasteiger partial charge in [0.1, 0.15) is 18.5 Å². The zero-order valence-electron chi connectivity index (χ0n) is 8.97. The van der Waals surface area contributed by atoms with Crippen molar-refractivity contribution in [3.8, 4) is 5.75 Å². The van der Waals surface area contributed by atoms with Gasteiger partial charge in [-0.05, 0) is 26.0 Å². The molecule has 0 amide bonds. The first kappa shape index (κ1) is 10.4. The molecule has 0 radical (unpaired) electrons. The van der Waals surface area contributed by atoms with Gasteiger partial charge in [-0.3, -0.25) is 4.98 Å². The van der Waals surface area contributed by atoms with Crippen molar-refractivity contribution in [2.75, 3.05) is 13.2 Å². The maximum atomic E-state index is 5.61. The van der Waals surface area contributed by atoms with Crippen LogP contribution in [0.2, 0.25) is 0 Å². The molecule has 0 N–H and O–H groups in total. The zero-order chi connectivity index (χ0) is 10.7. The molecule has 4 nitrogen and oxygen atoms in total. The summed E-state index contributed by atoms with van der Waals surface area (Å²) in [4.78, 5) is 3.91. The van der Waals surface area contributed by atoms with Crippen LogP contribution in [0, 0.1) is 0 Å². The van der Waals surface area contributed by atoms with Gasteiger partial charge in [0.2, 0.25) is 0 Å². The Balaban J connectivity index is 1.80. The second-order valence-corrected chi connectivity index (χ2v) is 3.94. The van der Waals surface area contributed by atoms with E-state index in [0.29, 0.717) is 13.2 Å². The van der Waals surface area contributed by atoms with E-state index in [4.69, 9.17) is 14.2 Å². The van der Waals surface area contributed by atoms with E-state index in [0.717, 1.165) is 5.75 Å². The van der Waals surface area contributed by atoms with Gasteiger partial charge in [-0.15, -0.1) is 0 Å². The van der Waals surface area contributed by atoms with Gasteiger partial charge < -0.3 is 14.2 Å². The summed E-state index contributed by atoms with van der Waals surface area (Å²) in [6, 6.07) is 3.64. The van der Waals surface area contributed by atoms with Crippen molar-refractivity contribution in [1.82, 2.24) is 4.98 Å². The zero-order valence-corrected chi connectivity index (χ0v) is 8.97. The monoisotopic (exact) mass is 209 g/mol. The van der Waals surface area contributed by atoms with Crippen LogP contribution in [0.1, 0.15) is 13.8 Å². The second-order valence-electron chi connectivity index (χ2n) is 3.94. The third kappa shape index (κ3) is 2.91. The quantitative estimate of drug-likeness (QED) is 0.758. The minimum Gasteiger partial charge on any atom is -0.491 e. The first-order valence-electron chi connectivity index (χ1n) is 5.00. The number of hydrogen-bond donors (Lipinski definition) is 0. The molecular weight excluding hydrogens is 194 g/mol. The average Bonchev–Trinajstić information content (AvgIpc) is 2.57. The van der Waals surface area contributed by atoms with E-state index in [-0.39, 0.29) is 6.10 Å². The van der Waals surface area contributed by atoms with Crippen molar-refractivity contribution in [3.05, 3.63) is 24.5 Å². The number of ether oxygens (including phenoxy) is 3. The highest BCUT2D eigenvalue weighted by Crippen LogP contribution is 2.22. The van der Waals surface area contributed by atoms with Crippen molar-refractivity contribution >= 4 is 0 Å². The third-order valence-electron chi connectivity index (χ3n) is 2.15. The minimum absolute atomic E-state index is 0.00756. The largest absolute Gasteiger partial charge is 0.491 e. The summed E-state index contributed by atoms with van der Waals surface area (Å²) in [5.41, 5.74) is 0. The highest BCUT2D eigenvalue weighted by atomic mass is 16.7. The molecule has 0 bridgehead atoms. The lowest BCUT2D eigenvalue weighted by Gasteiger charge is -2.17. The van der Waals surface area contributed by atoms with Crippen LogP contribution in [0.3, 0.4) is 0 Å². The SMILES string of the molecule is CC1(C)OC[C@H](COc2ccncc2)O1. The molecular formula is C11H15NO3. The summed E-state index contributed by atoms with van der Waals surface area (Å²) in [7, 11) is 0.